The number of imidazole rings is 1. The number of fused-ring (bicyclic) bond motifs is 1. The third kappa shape index (κ3) is 3.56. The van der Waals surface area contributed by atoms with Crippen molar-refractivity contribution in [1.82, 2.24) is 20.3 Å². The van der Waals surface area contributed by atoms with E-state index < -0.39 is 5.91 Å². The molecule has 0 saturated heterocycles. The zero-order valence-corrected chi connectivity index (χ0v) is 12.7. The van der Waals surface area contributed by atoms with E-state index in [1.54, 1.807) is 24.8 Å². The second-order valence-corrected chi connectivity index (χ2v) is 4.99. The molecule has 0 saturated carbocycles. The Morgan fingerprint density at radius 3 is 3.08 bits per heavy atom. The number of aromatic amines is 1. The second kappa shape index (κ2) is 7.07. The van der Waals surface area contributed by atoms with Gasteiger partial charge in [0.05, 0.1) is 17.4 Å². The van der Waals surface area contributed by atoms with Gasteiger partial charge in [-0.15, -0.1) is 0 Å². The number of hydrogen-bond donors (Lipinski definition) is 3. The van der Waals surface area contributed by atoms with Crippen LogP contribution in [0, 0.1) is 11.3 Å². The highest BCUT2D eigenvalue weighted by molar-refractivity contribution is 5.97. The molecular weight excluding hydrogens is 304 g/mol. The van der Waals surface area contributed by atoms with Crippen LogP contribution in [0.15, 0.2) is 60.8 Å². The van der Waals surface area contributed by atoms with Crippen LogP contribution in [0.2, 0.25) is 0 Å². The normalized spacial score (nSPS) is 11.0. The molecule has 0 spiro atoms. The summed E-state index contributed by atoms with van der Waals surface area (Å²) < 4.78 is 0. The van der Waals surface area contributed by atoms with Crippen LogP contribution in [0.3, 0.4) is 0 Å². The number of nitrogens with zero attached hydrogens (tertiary/aromatic N) is 3. The maximum Gasteiger partial charge on any atom is 0.263 e. The Balaban J connectivity index is 1.65. The van der Waals surface area contributed by atoms with Gasteiger partial charge in [-0.2, -0.15) is 5.26 Å². The summed E-state index contributed by atoms with van der Waals surface area (Å²) >= 11 is 0. The average Bonchev–Trinajstić information content (AvgIpc) is 3.09. The summed E-state index contributed by atoms with van der Waals surface area (Å²) in [6.45, 7) is 0.311. The second-order valence-electron chi connectivity index (χ2n) is 4.99. The van der Waals surface area contributed by atoms with E-state index in [2.05, 4.69) is 25.6 Å². The van der Waals surface area contributed by atoms with Crippen molar-refractivity contribution in [3.8, 4) is 6.07 Å². The number of nitriles is 1. The van der Waals surface area contributed by atoms with Gasteiger partial charge < -0.3 is 15.6 Å². The highest BCUT2D eigenvalue weighted by Gasteiger charge is 2.08. The van der Waals surface area contributed by atoms with Gasteiger partial charge >= 0.3 is 0 Å². The topological polar surface area (TPSA) is 106 Å². The molecule has 1 amide bonds. The van der Waals surface area contributed by atoms with Crippen LogP contribution in [0.1, 0.15) is 5.56 Å². The van der Waals surface area contributed by atoms with Crippen molar-refractivity contribution >= 4 is 22.6 Å². The number of aromatic nitrogens is 3. The number of amides is 1. The number of carbonyl (C=O) groups excluding carboxylic acids is 1. The van der Waals surface area contributed by atoms with Crippen molar-refractivity contribution < 1.29 is 4.79 Å². The lowest BCUT2D eigenvalue weighted by Crippen LogP contribution is -2.24. The number of carbonyl (C=O) groups is 1. The van der Waals surface area contributed by atoms with Gasteiger partial charge in [0, 0.05) is 30.8 Å². The van der Waals surface area contributed by atoms with Crippen molar-refractivity contribution in [1.29, 1.82) is 5.26 Å². The first-order valence-corrected chi connectivity index (χ1v) is 7.23. The molecule has 2 heterocycles. The number of rotatable bonds is 5. The van der Waals surface area contributed by atoms with Gasteiger partial charge in [0.1, 0.15) is 11.6 Å². The number of H-pyrrole nitrogens is 1. The lowest BCUT2D eigenvalue weighted by Gasteiger charge is -2.05. The fourth-order valence-corrected chi connectivity index (χ4v) is 2.11. The third-order valence-corrected chi connectivity index (χ3v) is 3.34. The molecule has 0 atom stereocenters. The van der Waals surface area contributed by atoms with Gasteiger partial charge in [-0.3, -0.25) is 9.78 Å². The minimum atomic E-state index is -0.448. The molecule has 3 aromatic rings. The quantitative estimate of drug-likeness (QED) is 0.493. The van der Waals surface area contributed by atoms with Crippen LogP contribution in [0.5, 0.6) is 0 Å². The molecule has 2 aromatic heterocycles. The lowest BCUT2D eigenvalue weighted by molar-refractivity contribution is -0.117. The fraction of sp³-hybridized carbons (Fsp3) is 0.0588. The molecule has 0 unspecified atom stereocenters. The fourth-order valence-electron chi connectivity index (χ4n) is 2.11. The van der Waals surface area contributed by atoms with Gasteiger partial charge in [0.15, 0.2) is 0 Å². The minimum absolute atomic E-state index is 0.0106. The van der Waals surface area contributed by atoms with E-state index in [0.29, 0.717) is 6.54 Å². The smallest absolute Gasteiger partial charge is 0.263 e. The predicted molar refractivity (Wildman–Crippen MR) is 89.5 cm³/mol. The number of pyridine rings is 1. The molecule has 0 radical (unpaired) electrons. The Hall–Kier alpha value is -3.66. The van der Waals surface area contributed by atoms with Crippen molar-refractivity contribution in [2.45, 2.75) is 6.54 Å². The lowest BCUT2D eigenvalue weighted by atomic mass is 10.2. The molecule has 3 rings (SSSR count). The Labute approximate surface area is 138 Å². The first kappa shape index (κ1) is 15.2. The molecule has 0 aliphatic rings. The van der Waals surface area contributed by atoms with Crippen LogP contribution in [-0.2, 0) is 11.3 Å². The molecule has 3 N–H and O–H groups in total. The molecule has 24 heavy (non-hydrogen) atoms. The van der Waals surface area contributed by atoms with Crippen LogP contribution >= 0.6 is 0 Å². The summed E-state index contributed by atoms with van der Waals surface area (Å²) in [4.78, 5) is 23.2. The molecule has 0 fully saturated rings. The van der Waals surface area contributed by atoms with Crippen molar-refractivity contribution in [3.63, 3.8) is 0 Å². The summed E-state index contributed by atoms with van der Waals surface area (Å²) in [5, 5.41) is 14.8. The van der Waals surface area contributed by atoms with Gasteiger partial charge in [-0.25, -0.2) is 4.98 Å². The molecule has 118 valence electrons. The predicted octanol–water partition coefficient (Wildman–Crippen LogP) is 2.09. The van der Waals surface area contributed by atoms with E-state index in [4.69, 9.17) is 5.26 Å². The van der Waals surface area contributed by atoms with E-state index >= 15 is 0 Å². The van der Waals surface area contributed by atoms with Crippen molar-refractivity contribution in [3.05, 3.63) is 66.4 Å². The maximum atomic E-state index is 12.1. The van der Waals surface area contributed by atoms with Crippen molar-refractivity contribution in [2.24, 2.45) is 0 Å². The van der Waals surface area contributed by atoms with Crippen LogP contribution in [-0.4, -0.2) is 20.9 Å². The summed E-state index contributed by atoms with van der Waals surface area (Å²) in [5.41, 5.74) is 3.32. The first-order valence-electron chi connectivity index (χ1n) is 7.23. The number of anilines is 1. The molecule has 7 nitrogen and oxygen atoms in total. The standard InChI is InChI=1S/C17H14N6O/c18-7-13(17(24)21-9-12-2-1-5-19-8-12)10-20-14-3-4-15-16(6-14)23-11-22-15/h1-6,8,10-11,20H,9H2,(H,21,24)(H,22,23)/b13-10-. The summed E-state index contributed by atoms with van der Waals surface area (Å²) in [6.07, 6.45) is 6.31. The molecule has 0 aliphatic heterocycles. The first-order chi connectivity index (χ1) is 11.8. The maximum absolute atomic E-state index is 12.1. The zero-order valence-electron chi connectivity index (χ0n) is 12.7. The number of benzene rings is 1. The molecular formula is C17H14N6O. The van der Waals surface area contributed by atoms with E-state index in [1.807, 2.05) is 30.3 Å². The Kier molecular flexibility index (Phi) is 4.49. The van der Waals surface area contributed by atoms with Crippen molar-refractivity contribution in [2.75, 3.05) is 5.32 Å². The van der Waals surface area contributed by atoms with E-state index in [1.165, 1.54) is 6.20 Å². The van der Waals surface area contributed by atoms with E-state index in [-0.39, 0.29) is 5.57 Å². The Morgan fingerprint density at radius 2 is 2.29 bits per heavy atom. The van der Waals surface area contributed by atoms with Gasteiger partial charge in [0.2, 0.25) is 0 Å². The molecule has 0 bridgehead atoms. The minimum Gasteiger partial charge on any atom is -0.360 e. The summed E-state index contributed by atoms with van der Waals surface area (Å²) in [5.74, 6) is -0.448. The van der Waals surface area contributed by atoms with Gasteiger partial charge in [-0.1, -0.05) is 6.07 Å². The third-order valence-electron chi connectivity index (χ3n) is 3.34. The highest BCUT2D eigenvalue weighted by atomic mass is 16.1. The highest BCUT2D eigenvalue weighted by Crippen LogP contribution is 2.15. The number of nitrogens with one attached hydrogen (secondary N) is 3. The van der Waals surface area contributed by atoms with Gasteiger partial charge in [0.25, 0.3) is 5.91 Å². The Bertz CT molecular complexity index is 923. The zero-order chi connectivity index (χ0) is 16.8. The monoisotopic (exact) mass is 318 g/mol. The molecule has 7 heteroatoms. The molecule has 0 aliphatic carbocycles. The van der Waals surface area contributed by atoms with Crippen LogP contribution < -0.4 is 10.6 Å². The summed E-state index contributed by atoms with van der Waals surface area (Å²) in [7, 11) is 0. The van der Waals surface area contributed by atoms with E-state index in [0.717, 1.165) is 22.3 Å². The van der Waals surface area contributed by atoms with Gasteiger partial charge in [-0.05, 0) is 29.8 Å². The van der Waals surface area contributed by atoms with Crippen LogP contribution in [0.25, 0.3) is 11.0 Å². The SMILES string of the molecule is N#C/C(=C/Nc1ccc2nc[nH]c2c1)C(=O)NCc1cccnc1. The summed E-state index contributed by atoms with van der Waals surface area (Å²) in [6, 6.07) is 11.0. The molecule has 1 aromatic carbocycles. The largest absolute Gasteiger partial charge is 0.360 e. The Morgan fingerprint density at radius 1 is 1.38 bits per heavy atom. The average molecular weight is 318 g/mol. The number of hydrogen-bond acceptors (Lipinski definition) is 5. The van der Waals surface area contributed by atoms with E-state index in [9.17, 15) is 4.79 Å². The van der Waals surface area contributed by atoms with Crippen LogP contribution in [0.4, 0.5) is 5.69 Å².